The minimum absolute atomic E-state index is 0.0404. The van der Waals surface area contributed by atoms with Crippen LogP contribution in [0.1, 0.15) is 18.2 Å². The topological polar surface area (TPSA) is 83.7 Å². The summed E-state index contributed by atoms with van der Waals surface area (Å²) in [4.78, 5) is 15.7. The number of hydrogen-bond acceptors (Lipinski definition) is 6. The van der Waals surface area contributed by atoms with Gasteiger partial charge >= 0.3 is 0 Å². The lowest BCUT2D eigenvalue weighted by molar-refractivity contribution is -0.134. The van der Waals surface area contributed by atoms with Crippen molar-refractivity contribution in [2.45, 2.75) is 32.5 Å². The summed E-state index contributed by atoms with van der Waals surface area (Å²) in [6.07, 6.45) is 0. The Bertz CT molecular complexity index is 952. The van der Waals surface area contributed by atoms with Gasteiger partial charge in [-0.25, -0.2) is 8.42 Å². The average molecular weight is 389 g/mol. The Kier molecular flexibility index (Phi) is 4.55. The smallest absolute Gasteiger partial charge is 0.219 e. The Labute approximate surface area is 158 Å². The molecule has 2 aliphatic heterocycles. The average Bonchev–Trinajstić information content (AvgIpc) is 3.19. The summed E-state index contributed by atoms with van der Waals surface area (Å²) >= 11 is 0. The minimum atomic E-state index is -3.14. The highest BCUT2D eigenvalue weighted by Gasteiger charge is 2.47. The van der Waals surface area contributed by atoms with Crippen molar-refractivity contribution in [1.82, 2.24) is 15.0 Å². The standard InChI is InChI=1S/C19H23N3O4S/c1-13-3-5-15(6-4-13)17-9-16(26-20-17)10-21-7-8-22(14(2)23)19-12-27(24,25)11-18(19)21/h3-6,9,18-19H,7-8,10-12H2,1-2H3/t18-,19+/m0/s1. The zero-order valence-corrected chi connectivity index (χ0v) is 16.3. The van der Waals surface area contributed by atoms with Crippen LogP contribution in [0.3, 0.4) is 0 Å². The first-order chi connectivity index (χ1) is 12.8. The molecule has 3 heterocycles. The SMILES string of the molecule is CC(=O)N1CCN(Cc2cc(-c3ccc(C)cc3)no2)[C@H]2CS(=O)(=O)C[C@H]21. The molecule has 2 aromatic rings. The zero-order valence-electron chi connectivity index (χ0n) is 15.5. The van der Waals surface area contributed by atoms with Gasteiger partial charge in [0.1, 0.15) is 5.69 Å². The molecule has 0 bridgehead atoms. The van der Waals surface area contributed by atoms with E-state index in [1.807, 2.05) is 37.3 Å². The molecule has 2 saturated heterocycles. The summed E-state index contributed by atoms with van der Waals surface area (Å²) in [5, 5.41) is 4.15. The van der Waals surface area contributed by atoms with E-state index in [1.54, 1.807) is 4.90 Å². The van der Waals surface area contributed by atoms with Crippen LogP contribution in [0.15, 0.2) is 34.9 Å². The highest BCUT2D eigenvalue weighted by Crippen LogP contribution is 2.29. The number of aromatic nitrogens is 1. The number of carbonyl (C=O) groups is 1. The van der Waals surface area contributed by atoms with E-state index < -0.39 is 9.84 Å². The van der Waals surface area contributed by atoms with Gasteiger partial charge in [-0.3, -0.25) is 9.69 Å². The minimum Gasteiger partial charge on any atom is -0.359 e. The van der Waals surface area contributed by atoms with Crippen LogP contribution in [0, 0.1) is 6.92 Å². The Hall–Kier alpha value is -2.19. The van der Waals surface area contributed by atoms with Crippen molar-refractivity contribution in [3.05, 3.63) is 41.7 Å². The third-order valence-corrected chi connectivity index (χ3v) is 7.16. The maximum atomic E-state index is 12.2. The Morgan fingerprint density at radius 3 is 2.59 bits per heavy atom. The lowest BCUT2D eigenvalue weighted by Crippen LogP contribution is -2.59. The van der Waals surface area contributed by atoms with Crippen molar-refractivity contribution in [1.29, 1.82) is 0 Å². The number of sulfone groups is 1. The molecule has 0 saturated carbocycles. The number of carbonyl (C=O) groups excluding carboxylic acids is 1. The van der Waals surface area contributed by atoms with Crippen LogP contribution in [0.4, 0.5) is 0 Å². The fourth-order valence-electron chi connectivity index (χ4n) is 4.06. The third kappa shape index (κ3) is 3.64. The number of aryl methyl sites for hydroxylation is 1. The molecule has 2 aliphatic rings. The van der Waals surface area contributed by atoms with E-state index in [9.17, 15) is 13.2 Å². The van der Waals surface area contributed by atoms with Crippen LogP contribution in [0.2, 0.25) is 0 Å². The molecular formula is C19H23N3O4S. The first-order valence-corrected chi connectivity index (χ1v) is 10.9. The van der Waals surface area contributed by atoms with E-state index in [1.165, 1.54) is 12.5 Å². The van der Waals surface area contributed by atoms with E-state index in [0.717, 1.165) is 11.3 Å². The van der Waals surface area contributed by atoms with Gasteiger partial charge in [0.25, 0.3) is 0 Å². The molecule has 8 heteroatoms. The maximum Gasteiger partial charge on any atom is 0.219 e. The molecule has 4 rings (SSSR count). The summed E-state index contributed by atoms with van der Waals surface area (Å²) in [7, 11) is -3.14. The van der Waals surface area contributed by atoms with E-state index in [-0.39, 0.29) is 29.5 Å². The molecule has 0 radical (unpaired) electrons. The summed E-state index contributed by atoms with van der Waals surface area (Å²) in [5.41, 5.74) is 2.93. The van der Waals surface area contributed by atoms with Gasteiger partial charge < -0.3 is 9.42 Å². The van der Waals surface area contributed by atoms with Gasteiger partial charge in [-0.2, -0.15) is 0 Å². The molecule has 0 unspecified atom stereocenters. The molecule has 1 aromatic heterocycles. The van der Waals surface area contributed by atoms with Crippen LogP contribution >= 0.6 is 0 Å². The van der Waals surface area contributed by atoms with Gasteiger partial charge in [0.05, 0.1) is 24.1 Å². The molecule has 0 N–H and O–H groups in total. The van der Waals surface area contributed by atoms with Crippen molar-refractivity contribution in [2.75, 3.05) is 24.6 Å². The summed E-state index contributed by atoms with van der Waals surface area (Å²) < 4.78 is 29.9. The van der Waals surface area contributed by atoms with Crippen LogP contribution < -0.4 is 0 Å². The number of fused-ring (bicyclic) bond motifs is 1. The Morgan fingerprint density at radius 1 is 1.19 bits per heavy atom. The van der Waals surface area contributed by atoms with Crippen molar-refractivity contribution < 1.29 is 17.7 Å². The monoisotopic (exact) mass is 389 g/mol. The van der Waals surface area contributed by atoms with Crippen LogP contribution in [0.5, 0.6) is 0 Å². The normalized spacial score (nSPS) is 24.7. The van der Waals surface area contributed by atoms with Crippen molar-refractivity contribution >= 4 is 15.7 Å². The molecule has 0 aliphatic carbocycles. The quantitative estimate of drug-likeness (QED) is 0.791. The Morgan fingerprint density at radius 2 is 1.89 bits per heavy atom. The molecule has 1 aromatic carbocycles. The lowest BCUT2D eigenvalue weighted by atomic mass is 10.0. The van der Waals surface area contributed by atoms with E-state index >= 15 is 0 Å². The van der Waals surface area contributed by atoms with Crippen molar-refractivity contribution in [3.63, 3.8) is 0 Å². The first kappa shape index (κ1) is 18.2. The van der Waals surface area contributed by atoms with E-state index in [4.69, 9.17) is 4.52 Å². The van der Waals surface area contributed by atoms with Gasteiger partial charge in [0.2, 0.25) is 5.91 Å². The van der Waals surface area contributed by atoms with Gasteiger partial charge in [-0.1, -0.05) is 35.0 Å². The fraction of sp³-hybridized carbons (Fsp3) is 0.474. The van der Waals surface area contributed by atoms with Crippen LogP contribution in [-0.4, -0.2) is 66.0 Å². The number of piperazine rings is 1. The predicted octanol–water partition coefficient (Wildman–Crippen LogP) is 1.48. The summed E-state index contributed by atoms with van der Waals surface area (Å²) in [5.74, 6) is 0.757. The van der Waals surface area contributed by atoms with Gasteiger partial charge in [-0.15, -0.1) is 0 Å². The van der Waals surface area contributed by atoms with Crippen LogP contribution in [-0.2, 0) is 21.2 Å². The van der Waals surface area contributed by atoms with Crippen molar-refractivity contribution in [2.24, 2.45) is 0 Å². The predicted molar refractivity (Wildman–Crippen MR) is 101 cm³/mol. The molecule has 0 spiro atoms. The zero-order chi connectivity index (χ0) is 19.2. The number of nitrogens with zero attached hydrogens (tertiary/aromatic N) is 3. The fourth-order valence-corrected chi connectivity index (χ4v) is 6.07. The molecule has 2 atom stereocenters. The number of rotatable bonds is 3. The molecule has 7 nitrogen and oxygen atoms in total. The van der Waals surface area contributed by atoms with Crippen LogP contribution in [0.25, 0.3) is 11.3 Å². The highest BCUT2D eigenvalue weighted by molar-refractivity contribution is 7.91. The van der Waals surface area contributed by atoms with E-state index in [2.05, 4.69) is 10.1 Å². The summed E-state index contributed by atoms with van der Waals surface area (Å²) in [6.45, 7) is 5.18. The van der Waals surface area contributed by atoms with Gasteiger partial charge in [-0.05, 0) is 6.92 Å². The molecular weight excluding hydrogens is 366 g/mol. The number of benzene rings is 1. The molecule has 144 valence electrons. The second kappa shape index (κ2) is 6.76. The largest absolute Gasteiger partial charge is 0.359 e. The maximum absolute atomic E-state index is 12.2. The second-order valence-electron chi connectivity index (χ2n) is 7.44. The Balaban J connectivity index is 1.53. The third-order valence-electron chi connectivity index (χ3n) is 5.46. The van der Waals surface area contributed by atoms with E-state index in [0.29, 0.717) is 25.4 Å². The lowest BCUT2D eigenvalue weighted by Gasteiger charge is -2.43. The summed E-state index contributed by atoms with van der Waals surface area (Å²) in [6, 6.07) is 9.49. The number of hydrogen-bond donors (Lipinski definition) is 0. The van der Waals surface area contributed by atoms with Gasteiger partial charge in [0.15, 0.2) is 15.6 Å². The van der Waals surface area contributed by atoms with Gasteiger partial charge in [0, 0.05) is 37.7 Å². The molecule has 27 heavy (non-hydrogen) atoms. The number of amides is 1. The van der Waals surface area contributed by atoms with Crippen molar-refractivity contribution in [3.8, 4) is 11.3 Å². The second-order valence-corrected chi connectivity index (χ2v) is 9.59. The highest BCUT2D eigenvalue weighted by atomic mass is 32.2. The first-order valence-electron chi connectivity index (χ1n) is 9.07. The molecule has 1 amide bonds. The molecule has 2 fully saturated rings.